The first-order valence-corrected chi connectivity index (χ1v) is 7.05. The van der Waals surface area contributed by atoms with E-state index < -0.39 is 11.7 Å². The standard InChI is InChI=1S/C14H18ClN3O3/c1-14(2,3)21-13(20)16-6-7-18-8-9-4-5-10(15)17-11(9)12(18)19/h4-5H,6-8H2,1-3H3,(H,16,20). The molecule has 1 aliphatic heterocycles. The minimum atomic E-state index is -0.537. The van der Waals surface area contributed by atoms with Crippen molar-refractivity contribution in [3.05, 3.63) is 28.5 Å². The third-order valence-electron chi connectivity index (χ3n) is 2.85. The molecule has 0 aliphatic carbocycles. The van der Waals surface area contributed by atoms with Gasteiger partial charge in [0.25, 0.3) is 5.91 Å². The molecule has 0 unspecified atom stereocenters. The molecular formula is C14H18ClN3O3. The molecule has 0 fully saturated rings. The SMILES string of the molecule is CC(C)(C)OC(=O)NCCN1Cc2ccc(Cl)nc2C1=O. The topological polar surface area (TPSA) is 71.5 Å². The Kier molecular flexibility index (Phi) is 4.37. The predicted octanol–water partition coefficient (Wildman–Crippen LogP) is 2.22. The van der Waals surface area contributed by atoms with Crippen molar-refractivity contribution in [2.45, 2.75) is 32.9 Å². The van der Waals surface area contributed by atoms with E-state index in [1.165, 1.54) is 0 Å². The molecule has 2 heterocycles. The Balaban J connectivity index is 1.84. The fraction of sp³-hybridized carbons (Fsp3) is 0.500. The highest BCUT2D eigenvalue weighted by molar-refractivity contribution is 6.29. The minimum absolute atomic E-state index is 0.168. The number of carbonyl (C=O) groups excluding carboxylic acids is 2. The normalized spacial score (nSPS) is 14.1. The van der Waals surface area contributed by atoms with Crippen LogP contribution >= 0.6 is 11.6 Å². The molecule has 7 heteroatoms. The van der Waals surface area contributed by atoms with Crippen LogP contribution in [0.15, 0.2) is 12.1 Å². The van der Waals surface area contributed by atoms with Gasteiger partial charge in [-0.15, -0.1) is 0 Å². The van der Waals surface area contributed by atoms with E-state index in [4.69, 9.17) is 16.3 Å². The zero-order valence-electron chi connectivity index (χ0n) is 12.3. The van der Waals surface area contributed by atoms with Crippen molar-refractivity contribution in [3.63, 3.8) is 0 Å². The maximum Gasteiger partial charge on any atom is 0.407 e. The summed E-state index contributed by atoms with van der Waals surface area (Å²) in [5.41, 5.74) is 0.700. The highest BCUT2D eigenvalue weighted by Gasteiger charge is 2.28. The second-order valence-electron chi connectivity index (χ2n) is 5.80. The molecule has 1 N–H and O–H groups in total. The zero-order chi connectivity index (χ0) is 15.6. The molecule has 0 aromatic carbocycles. The number of aromatic nitrogens is 1. The van der Waals surface area contributed by atoms with E-state index in [-0.39, 0.29) is 5.91 Å². The third kappa shape index (κ3) is 4.07. The molecule has 0 radical (unpaired) electrons. The minimum Gasteiger partial charge on any atom is -0.444 e. The van der Waals surface area contributed by atoms with Gasteiger partial charge in [0.15, 0.2) is 0 Å². The van der Waals surface area contributed by atoms with Gasteiger partial charge >= 0.3 is 6.09 Å². The molecular weight excluding hydrogens is 294 g/mol. The van der Waals surface area contributed by atoms with Gasteiger partial charge < -0.3 is 15.0 Å². The van der Waals surface area contributed by atoms with E-state index in [9.17, 15) is 9.59 Å². The second-order valence-corrected chi connectivity index (χ2v) is 6.18. The van der Waals surface area contributed by atoms with E-state index in [0.29, 0.717) is 30.5 Å². The highest BCUT2D eigenvalue weighted by Crippen LogP contribution is 2.22. The highest BCUT2D eigenvalue weighted by atomic mass is 35.5. The van der Waals surface area contributed by atoms with Gasteiger partial charge in [0, 0.05) is 25.2 Å². The summed E-state index contributed by atoms with van der Waals surface area (Å²) in [5.74, 6) is -0.168. The van der Waals surface area contributed by atoms with Gasteiger partial charge in [-0.3, -0.25) is 4.79 Å². The van der Waals surface area contributed by atoms with Crippen LogP contribution in [0.25, 0.3) is 0 Å². The lowest BCUT2D eigenvalue weighted by Gasteiger charge is -2.20. The Bertz CT molecular complexity index is 569. The molecule has 0 saturated heterocycles. The number of pyridine rings is 1. The Morgan fingerprint density at radius 2 is 2.19 bits per heavy atom. The molecule has 0 saturated carbocycles. The van der Waals surface area contributed by atoms with Gasteiger partial charge in [0.2, 0.25) is 0 Å². The number of nitrogens with zero attached hydrogens (tertiary/aromatic N) is 2. The number of nitrogens with one attached hydrogen (secondary N) is 1. The molecule has 1 aliphatic rings. The quantitative estimate of drug-likeness (QED) is 0.869. The number of rotatable bonds is 3. The Morgan fingerprint density at radius 1 is 1.48 bits per heavy atom. The smallest absolute Gasteiger partial charge is 0.407 e. The molecule has 0 bridgehead atoms. The van der Waals surface area contributed by atoms with Crippen LogP contribution in [-0.4, -0.2) is 40.6 Å². The summed E-state index contributed by atoms with van der Waals surface area (Å²) < 4.78 is 5.12. The second kappa shape index (κ2) is 5.89. The van der Waals surface area contributed by atoms with E-state index in [2.05, 4.69) is 10.3 Å². The van der Waals surface area contributed by atoms with Crippen LogP contribution < -0.4 is 5.32 Å². The van der Waals surface area contributed by atoms with Crippen LogP contribution in [0.3, 0.4) is 0 Å². The van der Waals surface area contributed by atoms with E-state index in [1.54, 1.807) is 37.8 Å². The summed E-state index contributed by atoms with van der Waals surface area (Å²) >= 11 is 5.79. The predicted molar refractivity (Wildman–Crippen MR) is 78.2 cm³/mol. The summed E-state index contributed by atoms with van der Waals surface area (Å²) in [6.45, 7) is 6.58. The van der Waals surface area contributed by atoms with E-state index in [1.807, 2.05) is 0 Å². The van der Waals surface area contributed by atoms with Gasteiger partial charge in [0.1, 0.15) is 16.4 Å². The van der Waals surface area contributed by atoms with Crippen LogP contribution in [0.5, 0.6) is 0 Å². The van der Waals surface area contributed by atoms with Gasteiger partial charge in [-0.05, 0) is 26.8 Å². The first-order valence-electron chi connectivity index (χ1n) is 6.68. The van der Waals surface area contributed by atoms with Crippen molar-refractivity contribution in [2.24, 2.45) is 0 Å². The number of hydrogen-bond donors (Lipinski definition) is 1. The van der Waals surface area contributed by atoms with Crippen molar-refractivity contribution >= 4 is 23.6 Å². The average Bonchev–Trinajstić information content (AvgIpc) is 2.65. The van der Waals surface area contributed by atoms with E-state index in [0.717, 1.165) is 5.56 Å². The number of carbonyl (C=O) groups is 2. The lowest BCUT2D eigenvalue weighted by atomic mass is 10.2. The largest absolute Gasteiger partial charge is 0.444 e. The van der Waals surface area contributed by atoms with Crippen molar-refractivity contribution < 1.29 is 14.3 Å². The average molecular weight is 312 g/mol. The van der Waals surface area contributed by atoms with Crippen LogP contribution in [0.1, 0.15) is 36.8 Å². The molecule has 0 spiro atoms. The Labute approximate surface area is 128 Å². The fourth-order valence-electron chi connectivity index (χ4n) is 1.99. The summed E-state index contributed by atoms with van der Waals surface area (Å²) in [5, 5.41) is 2.92. The number of amides is 2. The number of halogens is 1. The van der Waals surface area contributed by atoms with Crippen LogP contribution in [0.2, 0.25) is 5.15 Å². The molecule has 21 heavy (non-hydrogen) atoms. The number of alkyl carbamates (subject to hydrolysis) is 1. The summed E-state index contributed by atoms with van der Waals surface area (Å²) in [7, 11) is 0. The van der Waals surface area contributed by atoms with Gasteiger partial charge in [-0.1, -0.05) is 17.7 Å². The Hall–Kier alpha value is -1.82. The first kappa shape index (κ1) is 15.6. The summed E-state index contributed by atoms with van der Waals surface area (Å²) in [6.07, 6.45) is -0.493. The molecule has 1 aromatic rings. The molecule has 1 aromatic heterocycles. The fourth-order valence-corrected chi connectivity index (χ4v) is 2.14. The van der Waals surface area contributed by atoms with E-state index >= 15 is 0 Å². The van der Waals surface area contributed by atoms with Gasteiger partial charge in [0.05, 0.1) is 0 Å². The molecule has 6 nitrogen and oxygen atoms in total. The monoisotopic (exact) mass is 311 g/mol. The van der Waals surface area contributed by atoms with Crippen molar-refractivity contribution in [1.82, 2.24) is 15.2 Å². The van der Waals surface area contributed by atoms with Crippen molar-refractivity contribution in [3.8, 4) is 0 Å². The van der Waals surface area contributed by atoms with Crippen LogP contribution in [0.4, 0.5) is 4.79 Å². The number of fused-ring (bicyclic) bond motifs is 1. The lowest BCUT2D eigenvalue weighted by molar-refractivity contribution is 0.0515. The molecule has 2 rings (SSSR count). The maximum atomic E-state index is 12.1. The first-order chi connectivity index (χ1) is 9.76. The van der Waals surface area contributed by atoms with Gasteiger partial charge in [-0.25, -0.2) is 9.78 Å². The molecule has 114 valence electrons. The molecule has 0 atom stereocenters. The van der Waals surface area contributed by atoms with Crippen molar-refractivity contribution in [1.29, 1.82) is 0 Å². The van der Waals surface area contributed by atoms with Crippen molar-refractivity contribution in [2.75, 3.05) is 13.1 Å². The zero-order valence-corrected chi connectivity index (χ0v) is 13.0. The number of hydrogen-bond acceptors (Lipinski definition) is 4. The Morgan fingerprint density at radius 3 is 2.86 bits per heavy atom. The lowest BCUT2D eigenvalue weighted by Crippen LogP contribution is -2.38. The van der Waals surface area contributed by atoms with Gasteiger partial charge in [-0.2, -0.15) is 0 Å². The summed E-state index contributed by atoms with van der Waals surface area (Å²) in [6, 6.07) is 3.46. The summed E-state index contributed by atoms with van der Waals surface area (Å²) in [4.78, 5) is 29.3. The van der Waals surface area contributed by atoms with Crippen LogP contribution in [-0.2, 0) is 11.3 Å². The third-order valence-corrected chi connectivity index (χ3v) is 3.06. The maximum absolute atomic E-state index is 12.1. The van der Waals surface area contributed by atoms with Crippen LogP contribution in [0, 0.1) is 0 Å². The molecule has 2 amide bonds. The number of ether oxygens (including phenoxy) is 1.